The molecule has 30 heavy (non-hydrogen) atoms. The molecule has 156 valence electrons. The van der Waals surface area contributed by atoms with Crippen molar-refractivity contribution in [3.63, 3.8) is 0 Å². The van der Waals surface area contributed by atoms with Crippen molar-refractivity contribution in [2.45, 2.75) is 47.0 Å². The van der Waals surface area contributed by atoms with Crippen LogP contribution in [0.5, 0.6) is 0 Å². The van der Waals surface area contributed by atoms with Crippen molar-refractivity contribution in [3.8, 4) is 17.5 Å². The number of aldehydes is 1. The Morgan fingerprint density at radius 2 is 1.83 bits per heavy atom. The summed E-state index contributed by atoms with van der Waals surface area (Å²) in [6.45, 7) is 9.77. The SMILES string of the molecule is CC(C)(C)C=O.Cc1cc(-c2cc(C#N)ccn2)n2ncnc(N3CCCCC3)c12. The zero-order valence-corrected chi connectivity index (χ0v) is 18.1. The van der Waals surface area contributed by atoms with Gasteiger partial charge in [-0.2, -0.15) is 10.4 Å². The van der Waals surface area contributed by atoms with E-state index in [9.17, 15) is 4.79 Å². The van der Waals surface area contributed by atoms with Gasteiger partial charge in [0.25, 0.3) is 0 Å². The summed E-state index contributed by atoms with van der Waals surface area (Å²) in [5.74, 6) is 0.991. The number of piperidine rings is 1. The molecule has 0 spiro atoms. The zero-order valence-electron chi connectivity index (χ0n) is 18.1. The zero-order chi connectivity index (χ0) is 21.7. The molecule has 1 aliphatic heterocycles. The largest absolute Gasteiger partial charge is 0.355 e. The summed E-state index contributed by atoms with van der Waals surface area (Å²) in [6, 6.07) is 7.74. The number of carbonyl (C=O) groups is 1. The first kappa shape index (κ1) is 21.4. The second-order valence-electron chi connectivity index (χ2n) is 8.63. The minimum atomic E-state index is -0.139. The van der Waals surface area contributed by atoms with Crippen LogP contribution in [0.3, 0.4) is 0 Å². The van der Waals surface area contributed by atoms with Gasteiger partial charge in [0, 0.05) is 24.7 Å². The first-order valence-electron chi connectivity index (χ1n) is 10.2. The molecule has 0 unspecified atom stereocenters. The van der Waals surface area contributed by atoms with Gasteiger partial charge in [0.05, 0.1) is 23.0 Å². The minimum absolute atomic E-state index is 0.139. The molecule has 0 aromatic carbocycles. The van der Waals surface area contributed by atoms with Crippen LogP contribution < -0.4 is 4.90 Å². The molecular weight excluding hydrogens is 376 g/mol. The number of carbonyl (C=O) groups excluding carboxylic acids is 1. The van der Waals surface area contributed by atoms with E-state index in [2.05, 4.69) is 39.0 Å². The molecule has 0 radical (unpaired) electrons. The molecule has 7 heteroatoms. The molecule has 0 N–H and O–H groups in total. The van der Waals surface area contributed by atoms with Crippen molar-refractivity contribution in [2.24, 2.45) is 5.41 Å². The highest BCUT2D eigenvalue weighted by molar-refractivity contribution is 5.78. The molecule has 3 aromatic rings. The number of aryl methyl sites for hydroxylation is 1. The van der Waals surface area contributed by atoms with E-state index >= 15 is 0 Å². The first-order chi connectivity index (χ1) is 14.3. The number of hydrogen-bond donors (Lipinski definition) is 0. The molecule has 0 bridgehead atoms. The number of fused-ring (bicyclic) bond motifs is 1. The highest BCUT2D eigenvalue weighted by atomic mass is 16.1. The van der Waals surface area contributed by atoms with Gasteiger partial charge in [0.15, 0.2) is 5.82 Å². The molecule has 7 nitrogen and oxygen atoms in total. The first-order valence-corrected chi connectivity index (χ1v) is 10.2. The second-order valence-corrected chi connectivity index (χ2v) is 8.63. The smallest absolute Gasteiger partial charge is 0.156 e. The van der Waals surface area contributed by atoms with Crippen LogP contribution in [0.4, 0.5) is 5.82 Å². The van der Waals surface area contributed by atoms with E-state index in [4.69, 9.17) is 5.26 Å². The van der Waals surface area contributed by atoms with E-state index in [-0.39, 0.29) is 5.41 Å². The van der Waals surface area contributed by atoms with E-state index < -0.39 is 0 Å². The third kappa shape index (κ3) is 4.82. The van der Waals surface area contributed by atoms with E-state index in [1.165, 1.54) is 19.3 Å². The van der Waals surface area contributed by atoms with E-state index in [0.717, 1.165) is 47.7 Å². The maximum absolute atomic E-state index is 9.83. The fourth-order valence-electron chi connectivity index (χ4n) is 3.37. The molecule has 0 amide bonds. The summed E-state index contributed by atoms with van der Waals surface area (Å²) in [6.07, 6.45) is 7.90. The number of hydrogen-bond acceptors (Lipinski definition) is 6. The van der Waals surface area contributed by atoms with Gasteiger partial charge >= 0.3 is 0 Å². The molecule has 0 saturated carbocycles. The lowest BCUT2D eigenvalue weighted by Gasteiger charge is -2.28. The summed E-state index contributed by atoms with van der Waals surface area (Å²) < 4.78 is 1.90. The highest BCUT2D eigenvalue weighted by Crippen LogP contribution is 2.30. The van der Waals surface area contributed by atoms with Gasteiger partial charge in [-0.25, -0.2) is 9.50 Å². The lowest BCUT2D eigenvalue weighted by atomic mass is 10.0. The van der Waals surface area contributed by atoms with Crippen LogP contribution in [-0.2, 0) is 4.79 Å². The van der Waals surface area contributed by atoms with Crippen LogP contribution in [0.2, 0.25) is 0 Å². The monoisotopic (exact) mass is 404 g/mol. The number of nitriles is 1. The number of aromatic nitrogens is 4. The highest BCUT2D eigenvalue weighted by Gasteiger charge is 2.20. The summed E-state index contributed by atoms with van der Waals surface area (Å²) in [5.41, 5.74) is 4.24. The van der Waals surface area contributed by atoms with Gasteiger partial charge < -0.3 is 9.69 Å². The maximum atomic E-state index is 9.83. The summed E-state index contributed by atoms with van der Waals surface area (Å²) in [4.78, 5) is 21.1. The maximum Gasteiger partial charge on any atom is 0.156 e. The lowest BCUT2D eigenvalue weighted by Crippen LogP contribution is -2.30. The third-order valence-electron chi connectivity index (χ3n) is 4.89. The topological polar surface area (TPSA) is 87.2 Å². The Balaban J connectivity index is 0.000000377. The van der Waals surface area contributed by atoms with Crippen molar-refractivity contribution in [3.05, 3.63) is 41.9 Å². The van der Waals surface area contributed by atoms with Crippen LogP contribution in [-0.4, -0.2) is 39.0 Å². The standard InChI is InChI=1S/C18H18N6.C5H10O/c1-13-9-16(15-10-14(11-19)5-6-20-15)24-17(13)18(21-12-22-24)23-7-3-2-4-8-23;1-5(2,3)4-6/h5-6,9-10,12H,2-4,7-8H2,1H3;4H,1-3H3. The van der Waals surface area contributed by atoms with Crippen LogP contribution >= 0.6 is 0 Å². The summed E-state index contributed by atoms with van der Waals surface area (Å²) in [7, 11) is 0. The number of rotatable bonds is 2. The Kier molecular flexibility index (Phi) is 6.46. The Bertz CT molecular complexity index is 1070. The van der Waals surface area contributed by atoms with Gasteiger partial charge in [-0.3, -0.25) is 4.98 Å². The van der Waals surface area contributed by atoms with Gasteiger partial charge in [0.2, 0.25) is 0 Å². The van der Waals surface area contributed by atoms with E-state index in [1.807, 2.05) is 25.3 Å². The van der Waals surface area contributed by atoms with Crippen molar-refractivity contribution >= 4 is 17.6 Å². The predicted molar refractivity (Wildman–Crippen MR) is 117 cm³/mol. The van der Waals surface area contributed by atoms with Crippen molar-refractivity contribution in [1.82, 2.24) is 19.6 Å². The Morgan fingerprint density at radius 1 is 1.13 bits per heavy atom. The normalized spacial score (nSPS) is 14.0. The lowest BCUT2D eigenvalue weighted by molar-refractivity contribution is -0.113. The van der Waals surface area contributed by atoms with E-state index in [0.29, 0.717) is 5.56 Å². The molecule has 3 aromatic heterocycles. The quantitative estimate of drug-likeness (QED) is 0.595. The van der Waals surface area contributed by atoms with Crippen LogP contribution in [0, 0.1) is 23.7 Å². The van der Waals surface area contributed by atoms with Crippen LogP contribution in [0.25, 0.3) is 16.9 Å². The minimum Gasteiger partial charge on any atom is -0.355 e. The molecule has 0 aliphatic carbocycles. The fraction of sp³-hybridized carbons (Fsp3) is 0.435. The third-order valence-corrected chi connectivity index (χ3v) is 4.89. The van der Waals surface area contributed by atoms with Gasteiger partial charge in [0.1, 0.15) is 18.1 Å². The van der Waals surface area contributed by atoms with Crippen LogP contribution in [0.1, 0.15) is 51.2 Å². The predicted octanol–water partition coefficient (Wildman–Crippen LogP) is 4.19. The summed E-state index contributed by atoms with van der Waals surface area (Å²) >= 11 is 0. The molecular formula is C23H28N6O. The molecule has 0 atom stereocenters. The Hall–Kier alpha value is -3.27. The van der Waals surface area contributed by atoms with Gasteiger partial charge in [-0.1, -0.05) is 20.8 Å². The molecule has 4 rings (SSSR count). The van der Waals surface area contributed by atoms with Crippen LogP contribution in [0.15, 0.2) is 30.7 Å². The average molecular weight is 405 g/mol. The second kappa shape index (κ2) is 9.04. The number of anilines is 1. The summed E-state index contributed by atoms with van der Waals surface area (Å²) in [5, 5.41) is 13.6. The Labute approximate surface area is 177 Å². The molecule has 1 saturated heterocycles. The average Bonchev–Trinajstić information content (AvgIpc) is 3.11. The van der Waals surface area contributed by atoms with Crippen molar-refractivity contribution in [1.29, 1.82) is 5.26 Å². The molecule has 1 aliphatic rings. The van der Waals surface area contributed by atoms with Gasteiger partial charge in [-0.05, 0) is 49.9 Å². The molecule has 4 heterocycles. The van der Waals surface area contributed by atoms with Crippen molar-refractivity contribution in [2.75, 3.05) is 18.0 Å². The molecule has 1 fully saturated rings. The van der Waals surface area contributed by atoms with Gasteiger partial charge in [-0.15, -0.1) is 0 Å². The van der Waals surface area contributed by atoms with Crippen molar-refractivity contribution < 1.29 is 4.79 Å². The number of pyridine rings is 1. The Morgan fingerprint density at radius 3 is 2.47 bits per heavy atom. The fourth-order valence-corrected chi connectivity index (χ4v) is 3.37. The van der Waals surface area contributed by atoms with E-state index in [1.54, 1.807) is 24.7 Å². The number of nitrogens with zero attached hydrogens (tertiary/aromatic N) is 6.